The molecule has 94 valence electrons. The molecule has 0 saturated heterocycles. The summed E-state index contributed by atoms with van der Waals surface area (Å²) in [6, 6.07) is 7.34. The number of Topliss-reactive ketones (excluding diaryl/α,β-unsaturated/α-hetero) is 1. The summed E-state index contributed by atoms with van der Waals surface area (Å²) in [4.78, 5) is 11.8. The van der Waals surface area contributed by atoms with Crippen molar-refractivity contribution in [3.63, 3.8) is 0 Å². The molecule has 0 saturated carbocycles. The topological polar surface area (TPSA) is 51.2 Å². The van der Waals surface area contributed by atoms with Crippen LogP contribution in [0.3, 0.4) is 0 Å². The lowest BCUT2D eigenvalue weighted by Crippen LogP contribution is -2.11. The minimum Gasteiger partial charge on any atom is -0.294 e. The van der Waals surface area contributed by atoms with Crippen molar-refractivity contribution in [1.29, 1.82) is 0 Å². The van der Waals surface area contributed by atoms with Gasteiger partial charge < -0.3 is 0 Å². The Bertz CT molecular complexity index is 494. The number of carbonyl (C=O) groups is 1. The Morgan fingerprint density at radius 1 is 1.29 bits per heavy atom. The number of hydrogen-bond donors (Lipinski definition) is 0. The second-order valence-electron chi connectivity index (χ2n) is 3.74. The molecular formula is C12H15IO3S. The van der Waals surface area contributed by atoms with Gasteiger partial charge in [-0.1, -0.05) is 25.1 Å². The zero-order valence-corrected chi connectivity index (χ0v) is 12.6. The summed E-state index contributed by atoms with van der Waals surface area (Å²) in [7, 11) is -2.96. The summed E-state index contributed by atoms with van der Waals surface area (Å²) in [6.07, 6.45) is 0.694. The summed E-state index contributed by atoms with van der Waals surface area (Å²) in [6.45, 7) is 1.62. The van der Waals surface area contributed by atoms with Crippen LogP contribution in [-0.4, -0.2) is 25.7 Å². The largest absolute Gasteiger partial charge is 0.294 e. The van der Waals surface area contributed by atoms with Crippen molar-refractivity contribution in [2.75, 3.05) is 11.5 Å². The van der Waals surface area contributed by atoms with Gasteiger partial charge in [0.1, 0.15) is 9.84 Å². The van der Waals surface area contributed by atoms with E-state index in [-0.39, 0.29) is 17.3 Å². The molecular weight excluding hydrogens is 351 g/mol. The van der Waals surface area contributed by atoms with E-state index >= 15 is 0 Å². The highest BCUT2D eigenvalue weighted by Crippen LogP contribution is 2.14. The Labute approximate surface area is 116 Å². The maximum Gasteiger partial charge on any atom is 0.163 e. The van der Waals surface area contributed by atoms with Crippen LogP contribution in [0.1, 0.15) is 30.1 Å². The van der Waals surface area contributed by atoms with Crippen molar-refractivity contribution >= 4 is 38.2 Å². The molecule has 0 radical (unpaired) electrons. The third kappa shape index (κ3) is 4.75. The molecule has 0 amide bonds. The molecule has 1 rings (SSSR count). The van der Waals surface area contributed by atoms with Crippen molar-refractivity contribution in [3.05, 3.63) is 33.4 Å². The number of benzene rings is 1. The molecule has 0 atom stereocenters. The maximum atomic E-state index is 11.8. The Morgan fingerprint density at radius 2 is 1.94 bits per heavy atom. The number of hydrogen-bond acceptors (Lipinski definition) is 3. The molecule has 0 aliphatic carbocycles. The van der Waals surface area contributed by atoms with E-state index < -0.39 is 9.84 Å². The highest BCUT2D eigenvalue weighted by molar-refractivity contribution is 14.1. The molecule has 0 bridgehead atoms. The maximum absolute atomic E-state index is 11.8. The zero-order chi connectivity index (χ0) is 12.9. The van der Waals surface area contributed by atoms with E-state index in [4.69, 9.17) is 0 Å². The van der Waals surface area contributed by atoms with E-state index in [1.54, 1.807) is 13.0 Å². The first-order chi connectivity index (χ1) is 7.96. The summed E-state index contributed by atoms with van der Waals surface area (Å²) < 4.78 is 23.5. The van der Waals surface area contributed by atoms with Gasteiger partial charge in [0.15, 0.2) is 5.78 Å². The van der Waals surface area contributed by atoms with E-state index in [0.29, 0.717) is 18.4 Å². The van der Waals surface area contributed by atoms with Crippen LogP contribution in [0.2, 0.25) is 0 Å². The van der Waals surface area contributed by atoms with Gasteiger partial charge in [0.2, 0.25) is 0 Å². The molecule has 1 aromatic rings. The quantitative estimate of drug-likeness (QED) is 0.575. The second-order valence-corrected chi connectivity index (χ2v) is 7.38. The lowest BCUT2D eigenvalue weighted by molar-refractivity contribution is 0.0981. The predicted molar refractivity (Wildman–Crippen MR) is 77.1 cm³/mol. The van der Waals surface area contributed by atoms with Gasteiger partial charge in [0, 0.05) is 21.3 Å². The van der Waals surface area contributed by atoms with Crippen LogP contribution in [0, 0.1) is 3.57 Å². The normalized spacial score (nSPS) is 11.4. The molecule has 17 heavy (non-hydrogen) atoms. The Morgan fingerprint density at radius 3 is 2.53 bits per heavy atom. The molecule has 5 heteroatoms. The third-order valence-electron chi connectivity index (χ3n) is 2.47. The summed E-state index contributed by atoms with van der Waals surface area (Å²) in [5, 5.41) is 0. The Kier molecular flexibility index (Phi) is 5.58. The van der Waals surface area contributed by atoms with Crippen LogP contribution in [-0.2, 0) is 9.84 Å². The Hall–Kier alpha value is -0.430. The van der Waals surface area contributed by atoms with Crippen molar-refractivity contribution in [2.45, 2.75) is 19.8 Å². The van der Waals surface area contributed by atoms with Crippen molar-refractivity contribution in [3.8, 4) is 0 Å². The van der Waals surface area contributed by atoms with Crippen molar-refractivity contribution < 1.29 is 13.2 Å². The highest BCUT2D eigenvalue weighted by Gasteiger charge is 2.12. The van der Waals surface area contributed by atoms with Gasteiger partial charge in [-0.05, 0) is 35.1 Å². The van der Waals surface area contributed by atoms with Crippen LogP contribution in [0.5, 0.6) is 0 Å². The zero-order valence-electron chi connectivity index (χ0n) is 9.65. The van der Waals surface area contributed by atoms with E-state index in [1.165, 1.54) is 0 Å². The van der Waals surface area contributed by atoms with Crippen LogP contribution in [0.15, 0.2) is 24.3 Å². The van der Waals surface area contributed by atoms with Crippen LogP contribution < -0.4 is 0 Å². The van der Waals surface area contributed by atoms with Crippen LogP contribution in [0.4, 0.5) is 0 Å². The fourth-order valence-corrected chi connectivity index (χ4v) is 2.98. The summed E-state index contributed by atoms with van der Waals surface area (Å²) in [5.74, 6) is 0.254. The summed E-state index contributed by atoms with van der Waals surface area (Å²) in [5.41, 5.74) is 0.682. The fraction of sp³-hybridized carbons (Fsp3) is 0.417. The molecule has 0 aliphatic heterocycles. The first-order valence-corrected chi connectivity index (χ1v) is 8.34. The van der Waals surface area contributed by atoms with E-state index in [9.17, 15) is 13.2 Å². The Balaban J connectivity index is 2.55. The summed E-state index contributed by atoms with van der Waals surface area (Å²) >= 11 is 2.11. The minimum absolute atomic E-state index is 0.0151. The smallest absolute Gasteiger partial charge is 0.163 e. The molecule has 0 N–H and O–H groups in total. The van der Waals surface area contributed by atoms with Gasteiger partial charge >= 0.3 is 0 Å². The molecule has 0 aliphatic rings. The van der Waals surface area contributed by atoms with Crippen molar-refractivity contribution in [2.24, 2.45) is 0 Å². The van der Waals surface area contributed by atoms with Gasteiger partial charge in [0.25, 0.3) is 0 Å². The monoisotopic (exact) mass is 366 g/mol. The number of ketones is 1. The van der Waals surface area contributed by atoms with Crippen LogP contribution >= 0.6 is 22.6 Å². The van der Waals surface area contributed by atoms with Gasteiger partial charge in [-0.15, -0.1) is 0 Å². The number of halogens is 1. The number of rotatable bonds is 6. The molecule has 1 aromatic carbocycles. The molecule has 0 fully saturated rings. The fourth-order valence-electron chi connectivity index (χ4n) is 1.42. The van der Waals surface area contributed by atoms with Gasteiger partial charge in [0.05, 0.1) is 5.75 Å². The van der Waals surface area contributed by atoms with E-state index in [2.05, 4.69) is 22.6 Å². The molecule has 0 unspecified atom stereocenters. The predicted octanol–water partition coefficient (Wildman–Crippen LogP) is 2.69. The molecule has 0 aromatic heterocycles. The third-order valence-corrected chi connectivity index (χ3v) is 5.20. The first kappa shape index (κ1) is 14.6. The lowest BCUT2D eigenvalue weighted by Gasteiger charge is -2.03. The number of sulfone groups is 1. The molecule has 0 heterocycles. The lowest BCUT2D eigenvalue weighted by atomic mass is 10.1. The number of carbonyl (C=O) groups excluding carboxylic acids is 1. The van der Waals surface area contributed by atoms with Crippen molar-refractivity contribution in [1.82, 2.24) is 0 Å². The minimum atomic E-state index is -2.96. The molecule has 3 nitrogen and oxygen atoms in total. The molecule has 0 spiro atoms. The van der Waals surface area contributed by atoms with Crippen LogP contribution in [0.25, 0.3) is 0 Å². The first-order valence-electron chi connectivity index (χ1n) is 5.44. The van der Waals surface area contributed by atoms with E-state index in [1.807, 2.05) is 18.2 Å². The van der Waals surface area contributed by atoms with Gasteiger partial charge in [-0.25, -0.2) is 8.42 Å². The standard InChI is InChI=1S/C12H15IO3S/c1-2-17(15,16)9-5-8-12(14)10-6-3-4-7-11(10)13/h3-4,6-7H,2,5,8-9H2,1H3. The average Bonchev–Trinajstić information content (AvgIpc) is 2.29. The second kappa shape index (κ2) is 6.49. The van der Waals surface area contributed by atoms with Gasteiger partial charge in [-0.3, -0.25) is 4.79 Å². The van der Waals surface area contributed by atoms with Gasteiger partial charge in [-0.2, -0.15) is 0 Å². The van der Waals surface area contributed by atoms with E-state index in [0.717, 1.165) is 3.57 Å². The average molecular weight is 366 g/mol. The SMILES string of the molecule is CCS(=O)(=O)CCCC(=O)c1ccccc1I. The highest BCUT2D eigenvalue weighted by atomic mass is 127.